The summed E-state index contributed by atoms with van der Waals surface area (Å²) in [4.78, 5) is 0. The molecule has 11 aromatic carbocycles. The minimum Gasteiger partial charge on any atom is -0.309 e. The molecule has 1 spiro atoms. The van der Waals surface area contributed by atoms with Crippen LogP contribution in [-0.2, 0) is 23.7 Å². The van der Waals surface area contributed by atoms with Crippen LogP contribution >= 0.6 is 49.3 Å². The first-order valence-corrected chi connectivity index (χ1v) is 36.1. The number of hydrogen-bond donors (Lipinski definition) is 0. The van der Waals surface area contributed by atoms with Gasteiger partial charge in [-0.1, -0.05) is 294 Å². The highest BCUT2D eigenvalue weighted by molar-refractivity contribution is 14.2. The third-order valence-corrected chi connectivity index (χ3v) is 32.8. The second kappa shape index (κ2) is 20.4. The van der Waals surface area contributed by atoms with Crippen molar-refractivity contribution >= 4 is 111 Å². The molecule has 0 fully saturated rings. The van der Waals surface area contributed by atoms with Gasteiger partial charge in [0.25, 0.3) is 0 Å². The van der Waals surface area contributed by atoms with E-state index in [2.05, 4.69) is 70.8 Å². The highest BCUT2D eigenvalue weighted by Gasteiger charge is 2.54. The fourth-order valence-corrected chi connectivity index (χ4v) is 27.5. The second-order valence-electron chi connectivity index (χ2n) is 20.6. The van der Waals surface area contributed by atoms with E-state index in [0.717, 1.165) is 53.1 Å². The summed E-state index contributed by atoms with van der Waals surface area (Å²) in [5.74, 6) is 0. The van der Waals surface area contributed by atoms with Gasteiger partial charge in [0.15, 0.2) is 28.6 Å². The van der Waals surface area contributed by atoms with Crippen LogP contribution in [-0.4, -0.2) is 3.25 Å². The van der Waals surface area contributed by atoms with Gasteiger partial charge >= 0.3 is 0 Å². The van der Waals surface area contributed by atoms with Gasteiger partial charge in [-0.3, -0.25) is 0 Å². The maximum Gasteiger partial charge on any atom is 0.176 e. The van der Waals surface area contributed by atoms with Gasteiger partial charge in [-0.25, -0.2) is 0 Å². The maximum absolute atomic E-state index is 16.8. The molecule has 0 bridgehead atoms. The van der Waals surface area contributed by atoms with Crippen molar-refractivity contribution in [3.05, 3.63) is 330 Å². The molecular formula is C72H51IO4P4. The molecule has 4 nitrogen and oxygen atoms in total. The van der Waals surface area contributed by atoms with Gasteiger partial charge in [0, 0.05) is 58.3 Å². The molecule has 1 aliphatic heterocycles. The van der Waals surface area contributed by atoms with Crippen LogP contribution in [0.25, 0.3) is 22.3 Å². The first kappa shape index (κ1) is 51.6. The van der Waals surface area contributed by atoms with Crippen molar-refractivity contribution in [1.82, 2.24) is 0 Å². The van der Waals surface area contributed by atoms with E-state index in [1.165, 1.54) is 0 Å². The van der Waals surface area contributed by atoms with Crippen LogP contribution < -0.4 is 58.3 Å². The topological polar surface area (TPSA) is 68.3 Å². The van der Waals surface area contributed by atoms with Crippen molar-refractivity contribution in [1.29, 1.82) is 0 Å². The first-order valence-electron chi connectivity index (χ1n) is 26.9. The molecular weight excluding hydrogens is 1180 g/mol. The molecule has 3 aliphatic rings. The summed E-state index contributed by atoms with van der Waals surface area (Å²) in [6.07, 6.45) is 6.11. The van der Waals surface area contributed by atoms with Crippen LogP contribution in [0.4, 0.5) is 0 Å². The molecule has 9 heteroatoms. The van der Waals surface area contributed by atoms with E-state index in [1.54, 1.807) is 0 Å². The van der Waals surface area contributed by atoms with E-state index in [4.69, 9.17) is 0 Å². The van der Waals surface area contributed by atoms with Gasteiger partial charge in [0.1, 0.15) is 0 Å². The smallest absolute Gasteiger partial charge is 0.176 e. The normalized spacial score (nSPS) is 14.6. The Balaban J connectivity index is 1.14. The van der Waals surface area contributed by atoms with E-state index in [1.807, 2.05) is 237 Å². The Morgan fingerprint density at radius 1 is 0.247 bits per heavy atom. The number of fused-ring (bicyclic) bond motifs is 10. The Hall–Kier alpha value is -7.58. The lowest BCUT2D eigenvalue weighted by Crippen LogP contribution is -2.33. The van der Waals surface area contributed by atoms with E-state index < -0.39 is 54.7 Å². The molecule has 0 amide bonds. The SMILES string of the molecule is O=P(C1=IC=CC=C1)(c1ccccc1)c1ccc2c(c1)C1(c3cc(P(=O)(c4ccccc4)c4ccccc4)ccc3-2)c2cc(P(=O)(c3ccccc3)c3ccccc3)ccc2-c2ccc(P(=O)(c3ccccc3)c3ccccc3)cc21. The Morgan fingerprint density at radius 2 is 0.481 bits per heavy atom. The third kappa shape index (κ3) is 7.96. The molecule has 1 heterocycles. The molecule has 0 radical (unpaired) electrons. The number of rotatable bonds is 12. The third-order valence-electron chi connectivity index (χ3n) is 16.4. The monoisotopic (exact) mass is 1230 g/mol. The van der Waals surface area contributed by atoms with Crippen molar-refractivity contribution in [2.24, 2.45) is 0 Å². The van der Waals surface area contributed by atoms with Gasteiger partial charge < -0.3 is 18.3 Å². The summed E-state index contributed by atoms with van der Waals surface area (Å²) in [5.41, 5.74) is 6.02. The lowest BCUT2D eigenvalue weighted by Gasteiger charge is -2.33. The van der Waals surface area contributed by atoms with Gasteiger partial charge in [-0.2, -0.15) is 0 Å². The minimum absolute atomic E-state index is 0.654. The number of allylic oxidation sites excluding steroid dienone is 3. The summed E-state index contributed by atoms with van der Waals surface area (Å²) in [7, 11) is -14.3. The average Bonchev–Trinajstić information content (AvgIpc) is 4.24. The molecule has 14 rings (SSSR count). The van der Waals surface area contributed by atoms with Gasteiger partial charge in [-0.15, -0.1) is 0 Å². The first-order chi connectivity index (χ1) is 39.7. The summed E-state index contributed by atoms with van der Waals surface area (Å²) in [6, 6.07) is 93.9. The van der Waals surface area contributed by atoms with E-state index in [-0.39, 0.29) is 0 Å². The van der Waals surface area contributed by atoms with E-state index in [9.17, 15) is 0 Å². The molecule has 390 valence electrons. The van der Waals surface area contributed by atoms with Crippen LogP contribution in [0.2, 0.25) is 0 Å². The highest BCUT2D eigenvalue weighted by Crippen LogP contribution is 2.65. The average molecular weight is 1230 g/mol. The van der Waals surface area contributed by atoms with Crippen molar-refractivity contribution in [3.8, 4) is 22.3 Å². The van der Waals surface area contributed by atoms with Crippen molar-refractivity contribution in [2.45, 2.75) is 5.41 Å². The Bertz CT molecular complexity index is 4140. The Labute approximate surface area is 482 Å². The molecule has 0 saturated carbocycles. The zero-order chi connectivity index (χ0) is 54.8. The number of hydrogen-bond acceptors (Lipinski definition) is 4. The zero-order valence-corrected chi connectivity index (χ0v) is 49.5. The Morgan fingerprint density at radius 3 is 0.716 bits per heavy atom. The van der Waals surface area contributed by atoms with E-state index in [0.29, 0.717) is 53.0 Å². The number of halogens is 1. The molecule has 81 heavy (non-hydrogen) atoms. The second-order valence-corrected chi connectivity index (χ2v) is 35.0. The van der Waals surface area contributed by atoms with Crippen LogP contribution in [0, 0.1) is 0 Å². The highest BCUT2D eigenvalue weighted by atomic mass is 127. The summed E-state index contributed by atoms with van der Waals surface area (Å²) in [6.45, 7) is 0. The molecule has 2 aliphatic carbocycles. The van der Waals surface area contributed by atoms with Crippen LogP contribution in [0.5, 0.6) is 0 Å². The van der Waals surface area contributed by atoms with Crippen LogP contribution in [0.1, 0.15) is 22.3 Å². The lowest BCUT2D eigenvalue weighted by molar-refractivity contribution is 0.591. The van der Waals surface area contributed by atoms with Crippen molar-refractivity contribution in [2.75, 3.05) is 0 Å². The van der Waals surface area contributed by atoms with Crippen LogP contribution in [0.15, 0.2) is 307 Å². The number of benzene rings is 11. The molecule has 0 aromatic heterocycles. The Kier molecular flexibility index (Phi) is 13.0. The molecule has 0 saturated heterocycles. The quantitative estimate of drug-likeness (QED) is 0.0903. The van der Waals surface area contributed by atoms with E-state index >= 15 is 18.3 Å². The minimum atomic E-state index is -3.60. The van der Waals surface area contributed by atoms with Gasteiger partial charge in [0.05, 0.1) is 8.66 Å². The predicted molar refractivity (Wildman–Crippen MR) is 352 cm³/mol. The molecule has 0 N–H and O–H groups in total. The zero-order valence-electron chi connectivity index (χ0n) is 43.7. The molecule has 1 unspecified atom stereocenters. The summed E-state index contributed by atoms with van der Waals surface area (Å²) < 4.78 is 70.3. The largest absolute Gasteiger partial charge is 0.309 e. The van der Waals surface area contributed by atoms with Crippen LogP contribution in [0.3, 0.4) is 0 Å². The lowest BCUT2D eigenvalue weighted by atomic mass is 9.70. The van der Waals surface area contributed by atoms with Crippen molar-refractivity contribution in [3.63, 3.8) is 0 Å². The fourth-order valence-electron chi connectivity index (χ4n) is 12.7. The molecule has 11 aromatic rings. The van der Waals surface area contributed by atoms with Crippen molar-refractivity contribution < 1.29 is 18.3 Å². The summed E-state index contributed by atoms with van der Waals surface area (Å²) >= 11 is -0.747. The van der Waals surface area contributed by atoms with Gasteiger partial charge in [0.2, 0.25) is 0 Å². The summed E-state index contributed by atoms with van der Waals surface area (Å²) in [5, 5.41) is 7.66. The predicted octanol–water partition coefficient (Wildman–Crippen LogP) is 13.4. The standard InChI is InChI=1S/C72H51IO4P4/c74-78(52-24-8-1-9-25-52,53-26-10-2-11-27-53)59-39-43-63-64-44-40-60(79(75,54-28-12-3-13-29-54)55-30-14-4-15-31-55)49-68(64)72(67(63)48-59)69-50-61(80(76,56-32-16-5-17-33-56)57-34-18-6-19-35-57)41-45-65(69)66-46-42-62(51-70(66)72)81(77,58-36-20-7-21-37-58)71-38-22-23-47-73-71/h1-51H. The van der Waals surface area contributed by atoms with Gasteiger partial charge in [-0.05, 0) is 78.9 Å². The fraction of sp³-hybridized carbons (Fsp3) is 0.0139. The maximum atomic E-state index is 16.8. The molecule has 1 atom stereocenters.